The normalized spacial score (nSPS) is 12.0. The van der Waals surface area contributed by atoms with Crippen molar-refractivity contribution >= 4 is 12.2 Å². The molecular weight excluding hydrogens is 216 g/mol. The van der Waals surface area contributed by atoms with E-state index in [2.05, 4.69) is 43.4 Å². The van der Waals surface area contributed by atoms with Crippen LogP contribution in [-0.4, -0.2) is 9.55 Å². The Kier molecular flexibility index (Phi) is 4.78. The van der Waals surface area contributed by atoms with E-state index in [1.165, 1.54) is 31.4 Å². The van der Waals surface area contributed by atoms with Crippen LogP contribution in [0.4, 0.5) is 0 Å². The van der Waals surface area contributed by atoms with E-state index in [1.54, 1.807) is 0 Å². The molecule has 0 spiro atoms. The van der Waals surface area contributed by atoms with Crippen LogP contribution in [0.2, 0.25) is 0 Å². The Balaban J connectivity index is 2.71. The van der Waals surface area contributed by atoms with E-state index in [1.807, 2.05) is 0 Å². The molecule has 0 amide bonds. The van der Waals surface area contributed by atoms with Crippen LogP contribution in [0.25, 0.3) is 0 Å². The highest BCUT2D eigenvalue weighted by Gasteiger charge is 2.18. The molecule has 0 aliphatic heterocycles. The highest BCUT2D eigenvalue weighted by molar-refractivity contribution is 7.71. The van der Waals surface area contributed by atoms with Gasteiger partial charge in [-0.05, 0) is 18.6 Å². The van der Waals surface area contributed by atoms with Gasteiger partial charge in [-0.1, -0.05) is 47.0 Å². The van der Waals surface area contributed by atoms with Crippen LogP contribution in [0, 0.1) is 4.77 Å². The first-order valence-corrected chi connectivity index (χ1v) is 6.66. The number of nitrogens with one attached hydrogen (secondary N) is 1. The summed E-state index contributed by atoms with van der Waals surface area (Å²) in [5, 5.41) is 0. The van der Waals surface area contributed by atoms with E-state index in [0.717, 1.165) is 11.3 Å². The molecule has 1 aromatic heterocycles. The second-order valence-corrected chi connectivity index (χ2v) is 5.83. The quantitative estimate of drug-likeness (QED) is 0.596. The molecule has 0 aliphatic rings. The van der Waals surface area contributed by atoms with Gasteiger partial charge in [0.05, 0.1) is 0 Å². The number of nitrogens with zero attached hydrogens (tertiary/aromatic N) is 1. The monoisotopic (exact) mass is 240 g/mol. The van der Waals surface area contributed by atoms with E-state index < -0.39 is 0 Å². The molecule has 0 fully saturated rings. The van der Waals surface area contributed by atoms with Gasteiger partial charge in [0.25, 0.3) is 0 Å². The van der Waals surface area contributed by atoms with Crippen molar-refractivity contribution < 1.29 is 0 Å². The van der Waals surface area contributed by atoms with Gasteiger partial charge in [0.15, 0.2) is 4.77 Å². The van der Waals surface area contributed by atoms with Gasteiger partial charge in [0, 0.05) is 23.9 Å². The molecule has 0 aliphatic carbocycles. The predicted octanol–water partition coefficient (Wildman–Crippen LogP) is 4.42. The number of aromatic amines is 1. The highest BCUT2D eigenvalue weighted by atomic mass is 32.1. The number of aromatic nitrogens is 2. The Morgan fingerprint density at radius 3 is 2.50 bits per heavy atom. The summed E-state index contributed by atoms with van der Waals surface area (Å²) in [5.74, 6) is 0. The van der Waals surface area contributed by atoms with E-state index in [4.69, 9.17) is 12.2 Å². The molecule has 2 nitrogen and oxygen atoms in total. The van der Waals surface area contributed by atoms with E-state index in [0.29, 0.717) is 0 Å². The van der Waals surface area contributed by atoms with Crippen molar-refractivity contribution in [1.82, 2.24) is 9.55 Å². The summed E-state index contributed by atoms with van der Waals surface area (Å²) >= 11 is 5.33. The second kappa shape index (κ2) is 5.67. The van der Waals surface area contributed by atoms with Gasteiger partial charge < -0.3 is 9.55 Å². The molecule has 0 aromatic carbocycles. The van der Waals surface area contributed by atoms with Crippen molar-refractivity contribution in [3.05, 3.63) is 16.7 Å². The van der Waals surface area contributed by atoms with E-state index >= 15 is 0 Å². The number of hydrogen-bond donors (Lipinski definition) is 1. The summed E-state index contributed by atoms with van der Waals surface area (Å²) in [6.45, 7) is 9.98. The minimum atomic E-state index is 0.165. The smallest absolute Gasteiger partial charge is 0.177 e. The summed E-state index contributed by atoms with van der Waals surface area (Å²) in [4.78, 5) is 3.16. The van der Waals surface area contributed by atoms with Gasteiger partial charge in [-0.15, -0.1) is 0 Å². The van der Waals surface area contributed by atoms with E-state index in [9.17, 15) is 0 Å². The minimum absolute atomic E-state index is 0.165. The van der Waals surface area contributed by atoms with Crippen molar-refractivity contribution in [2.45, 2.75) is 65.3 Å². The Bertz CT molecular complexity index is 368. The molecule has 16 heavy (non-hydrogen) atoms. The van der Waals surface area contributed by atoms with Gasteiger partial charge in [0.2, 0.25) is 0 Å². The fourth-order valence-electron chi connectivity index (χ4n) is 1.94. The molecule has 0 radical (unpaired) electrons. The van der Waals surface area contributed by atoms with Gasteiger partial charge in [-0.25, -0.2) is 0 Å². The zero-order valence-electron chi connectivity index (χ0n) is 11.0. The number of rotatable bonds is 5. The summed E-state index contributed by atoms with van der Waals surface area (Å²) in [5.41, 5.74) is 1.48. The van der Waals surface area contributed by atoms with Gasteiger partial charge in [-0.2, -0.15) is 0 Å². The van der Waals surface area contributed by atoms with Crippen molar-refractivity contribution in [2.75, 3.05) is 0 Å². The lowest BCUT2D eigenvalue weighted by atomic mass is 9.92. The Hall–Kier alpha value is -0.570. The topological polar surface area (TPSA) is 20.7 Å². The fraction of sp³-hybridized carbons (Fsp3) is 0.769. The molecule has 0 atom stereocenters. The summed E-state index contributed by atoms with van der Waals surface area (Å²) < 4.78 is 3.12. The molecule has 0 saturated heterocycles. The lowest BCUT2D eigenvalue weighted by Crippen LogP contribution is -2.17. The molecular formula is C13H24N2S. The highest BCUT2D eigenvalue weighted by Crippen LogP contribution is 2.22. The van der Waals surface area contributed by atoms with Crippen LogP contribution in [0.15, 0.2) is 6.20 Å². The third kappa shape index (κ3) is 3.48. The van der Waals surface area contributed by atoms with Crippen LogP contribution in [0.1, 0.15) is 59.1 Å². The summed E-state index contributed by atoms with van der Waals surface area (Å²) in [7, 11) is 0. The maximum atomic E-state index is 5.33. The molecule has 0 saturated carbocycles. The van der Waals surface area contributed by atoms with Crippen molar-refractivity contribution in [2.24, 2.45) is 0 Å². The molecule has 3 heteroatoms. The third-order valence-corrected chi connectivity index (χ3v) is 3.21. The fourth-order valence-corrected chi connectivity index (χ4v) is 2.18. The van der Waals surface area contributed by atoms with Gasteiger partial charge in [-0.3, -0.25) is 0 Å². The number of imidazole rings is 1. The lowest BCUT2D eigenvalue weighted by molar-refractivity contribution is 0.493. The third-order valence-electron chi connectivity index (χ3n) is 2.87. The summed E-state index contributed by atoms with van der Waals surface area (Å²) in [6, 6.07) is 0. The van der Waals surface area contributed by atoms with Crippen molar-refractivity contribution in [1.29, 1.82) is 0 Å². The molecule has 1 heterocycles. The maximum absolute atomic E-state index is 5.33. The van der Waals surface area contributed by atoms with Crippen LogP contribution in [-0.2, 0) is 12.0 Å². The van der Waals surface area contributed by atoms with Crippen molar-refractivity contribution in [3.63, 3.8) is 0 Å². The Morgan fingerprint density at radius 2 is 1.94 bits per heavy atom. The first-order valence-electron chi connectivity index (χ1n) is 6.25. The Morgan fingerprint density at radius 1 is 1.25 bits per heavy atom. The Labute approximate surface area is 104 Å². The standard InChI is InChI=1S/C13H24N2S/c1-5-6-7-8-9-15-11(13(2,3)4)10-14-12(15)16/h10H,5-9H2,1-4H3,(H,14,16). The number of hydrogen-bond acceptors (Lipinski definition) is 1. The second-order valence-electron chi connectivity index (χ2n) is 5.44. The maximum Gasteiger partial charge on any atom is 0.177 e. The van der Waals surface area contributed by atoms with Gasteiger partial charge in [0.1, 0.15) is 0 Å². The van der Waals surface area contributed by atoms with Gasteiger partial charge >= 0.3 is 0 Å². The predicted molar refractivity (Wildman–Crippen MR) is 72.5 cm³/mol. The first kappa shape index (κ1) is 13.5. The van der Waals surface area contributed by atoms with Crippen LogP contribution < -0.4 is 0 Å². The zero-order chi connectivity index (χ0) is 12.2. The molecule has 1 aromatic rings. The molecule has 1 N–H and O–H groups in total. The average Bonchev–Trinajstić information content (AvgIpc) is 2.54. The van der Waals surface area contributed by atoms with Crippen LogP contribution in [0.3, 0.4) is 0 Å². The lowest BCUT2D eigenvalue weighted by Gasteiger charge is -2.20. The minimum Gasteiger partial charge on any atom is -0.337 e. The summed E-state index contributed by atoms with van der Waals surface area (Å²) in [6.07, 6.45) is 7.19. The average molecular weight is 240 g/mol. The molecule has 1 rings (SSSR count). The molecule has 0 bridgehead atoms. The number of unbranched alkanes of at least 4 members (excludes halogenated alkanes) is 3. The van der Waals surface area contributed by atoms with Crippen molar-refractivity contribution in [3.8, 4) is 0 Å². The SMILES string of the molecule is CCCCCCn1c(C(C)(C)C)c[nH]c1=S. The van der Waals surface area contributed by atoms with Crippen LogP contribution in [0.5, 0.6) is 0 Å². The molecule has 92 valence electrons. The zero-order valence-corrected chi connectivity index (χ0v) is 11.8. The first-order chi connectivity index (χ1) is 7.46. The number of H-pyrrole nitrogens is 1. The largest absolute Gasteiger partial charge is 0.337 e. The van der Waals surface area contributed by atoms with E-state index in [-0.39, 0.29) is 5.41 Å². The molecule has 0 unspecified atom stereocenters. The van der Waals surface area contributed by atoms with Crippen LogP contribution >= 0.6 is 12.2 Å².